The van der Waals surface area contributed by atoms with Crippen LogP contribution in [0.4, 0.5) is 10.3 Å². The molecule has 0 atom stereocenters. The zero-order valence-corrected chi connectivity index (χ0v) is 23.9. The van der Waals surface area contributed by atoms with Crippen molar-refractivity contribution < 1.29 is 9.59 Å². The molecule has 6 aromatic rings. The number of benzene rings is 4. The van der Waals surface area contributed by atoms with Gasteiger partial charge in [-0.2, -0.15) is 0 Å². The van der Waals surface area contributed by atoms with Gasteiger partial charge in [0.25, 0.3) is 11.8 Å². The van der Waals surface area contributed by atoms with Gasteiger partial charge in [-0.1, -0.05) is 70.7 Å². The number of nitrogens with zero attached hydrogens (tertiary/aromatic N) is 2. The van der Waals surface area contributed by atoms with Gasteiger partial charge in [-0.05, 0) is 76.7 Å². The van der Waals surface area contributed by atoms with Crippen LogP contribution >= 0.6 is 56.9 Å². The van der Waals surface area contributed by atoms with Crippen molar-refractivity contribution in [3.8, 4) is 11.1 Å². The molecule has 38 heavy (non-hydrogen) atoms. The van der Waals surface area contributed by atoms with Crippen LogP contribution in [-0.4, -0.2) is 21.8 Å². The highest BCUT2D eigenvalue weighted by atomic mass is 127. The molecular formula is C28H16ClIN4O2S2. The maximum absolute atomic E-state index is 12.7. The zero-order chi connectivity index (χ0) is 26.2. The van der Waals surface area contributed by atoms with Crippen LogP contribution in [0.15, 0.2) is 84.9 Å². The molecule has 10 heteroatoms. The van der Waals surface area contributed by atoms with Crippen LogP contribution in [0.3, 0.4) is 0 Å². The Bertz CT molecular complexity index is 1870. The van der Waals surface area contributed by atoms with Crippen molar-refractivity contribution >= 4 is 99.4 Å². The third-order valence-corrected chi connectivity index (χ3v) is 8.65. The summed E-state index contributed by atoms with van der Waals surface area (Å²) in [5, 5.41) is 7.19. The molecule has 0 unspecified atom stereocenters. The van der Waals surface area contributed by atoms with E-state index in [0.29, 0.717) is 26.4 Å². The van der Waals surface area contributed by atoms with Crippen LogP contribution in [0.5, 0.6) is 0 Å². The van der Waals surface area contributed by atoms with E-state index in [1.807, 2.05) is 54.6 Å². The Labute approximate surface area is 243 Å². The quantitative estimate of drug-likeness (QED) is 0.181. The number of nitrogens with one attached hydrogen (secondary N) is 2. The standard InChI is InChI=1S/C28H16ClIN4O2S2/c29-20-9-2-1-7-19(20)26(36)34-28-32-24-18(8-4-10-23(24)38-28)15-11-12-22-21(14-15)31-27(37-22)33-25(35)16-5-3-6-17(30)13-16/h1-14H,(H,31,33,35)(H,32,34,36). The molecule has 0 aliphatic heterocycles. The van der Waals surface area contributed by atoms with E-state index >= 15 is 0 Å². The summed E-state index contributed by atoms with van der Waals surface area (Å²) >= 11 is 11.2. The summed E-state index contributed by atoms with van der Waals surface area (Å²) in [6.07, 6.45) is 0. The van der Waals surface area contributed by atoms with Crippen molar-refractivity contribution in [3.05, 3.63) is 105 Å². The Kier molecular flexibility index (Phi) is 6.83. The molecule has 186 valence electrons. The first kappa shape index (κ1) is 24.9. The number of hydrogen-bond donors (Lipinski definition) is 2. The van der Waals surface area contributed by atoms with E-state index in [1.165, 1.54) is 22.7 Å². The maximum Gasteiger partial charge on any atom is 0.258 e. The normalized spacial score (nSPS) is 11.1. The zero-order valence-electron chi connectivity index (χ0n) is 19.4. The van der Waals surface area contributed by atoms with E-state index in [4.69, 9.17) is 16.6 Å². The molecule has 2 N–H and O–H groups in total. The van der Waals surface area contributed by atoms with E-state index < -0.39 is 0 Å². The van der Waals surface area contributed by atoms with Crippen molar-refractivity contribution in [2.75, 3.05) is 10.6 Å². The number of para-hydroxylation sites is 1. The van der Waals surface area contributed by atoms with E-state index in [9.17, 15) is 9.59 Å². The molecule has 2 amide bonds. The van der Waals surface area contributed by atoms with Crippen molar-refractivity contribution in [3.63, 3.8) is 0 Å². The smallest absolute Gasteiger partial charge is 0.258 e. The number of aromatic nitrogens is 2. The van der Waals surface area contributed by atoms with Crippen LogP contribution in [0, 0.1) is 3.57 Å². The Hall–Kier alpha value is -3.38. The summed E-state index contributed by atoms with van der Waals surface area (Å²) < 4.78 is 2.90. The summed E-state index contributed by atoms with van der Waals surface area (Å²) in [4.78, 5) is 34.8. The minimum Gasteiger partial charge on any atom is -0.298 e. The highest BCUT2D eigenvalue weighted by Crippen LogP contribution is 2.36. The summed E-state index contributed by atoms with van der Waals surface area (Å²) in [5.41, 5.74) is 4.42. The van der Waals surface area contributed by atoms with E-state index in [2.05, 4.69) is 38.2 Å². The van der Waals surface area contributed by atoms with Gasteiger partial charge in [-0.3, -0.25) is 20.2 Å². The predicted molar refractivity (Wildman–Crippen MR) is 165 cm³/mol. The lowest BCUT2D eigenvalue weighted by Gasteiger charge is -2.03. The van der Waals surface area contributed by atoms with Gasteiger partial charge in [0, 0.05) is 14.7 Å². The monoisotopic (exact) mass is 666 g/mol. The van der Waals surface area contributed by atoms with Gasteiger partial charge in [0.1, 0.15) is 0 Å². The maximum atomic E-state index is 12.7. The second-order valence-corrected chi connectivity index (χ2v) is 12.0. The Morgan fingerprint density at radius 2 is 1.53 bits per heavy atom. The van der Waals surface area contributed by atoms with Crippen molar-refractivity contribution in [1.82, 2.24) is 9.97 Å². The number of amides is 2. The van der Waals surface area contributed by atoms with Crippen LogP contribution in [0.1, 0.15) is 20.7 Å². The number of carbonyl (C=O) groups is 2. The first-order chi connectivity index (χ1) is 18.4. The van der Waals surface area contributed by atoms with E-state index in [-0.39, 0.29) is 11.8 Å². The number of fused-ring (bicyclic) bond motifs is 2. The fourth-order valence-electron chi connectivity index (χ4n) is 3.99. The lowest BCUT2D eigenvalue weighted by Crippen LogP contribution is -2.12. The van der Waals surface area contributed by atoms with E-state index in [0.717, 1.165) is 35.1 Å². The van der Waals surface area contributed by atoms with Crippen molar-refractivity contribution in [1.29, 1.82) is 0 Å². The molecule has 0 radical (unpaired) electrons. The Morgan fingerprint density at radius 1 is 0.763 bits per heavy atom. The average Bonchev–Trinajstić information content (AvgIpc) is 3.51. The van der Waals surface area contributed by atoms with E-state index in [1.54, 1.807) is 30.3 Å². The minimum absolute atomic E-state index is 0.193. The Morgan fingerprint density at radius 3 is 2.37 bits per heavy atom. The molecular weight excluding hydrogens is 651 g/mol. The third kappa shape index (κ3) is 5.02. The van der Waals surface area contributed by atoms with Crippen LogP contribution in [0.25, 0.3) is 31.6 Å². The second kappa shape index (κ2) is 10.4. The lowest BCUT2D eigenvalue weighted by atomic mass is 10.0. The molecule has 0 bridgehead atoms. The van der Waals surface area contributed by atoms with Gasteiger partial charge in [0.05, 0.1) is 31.0 Å². The topological polar surface area (TPSA) is 84.0 Å². The van der Waals surface area contributed by atoms with Gasteiger partial charge in [-0.15, -0.1) is 0 Å². The highest BCUT2D eigenvalue weighted by molar-refractivity contribution is 14.1. The lowest BCUT2D eigenvalue weighted by molar-refractivity contribution is 0.101. The molecule has 0 aliphatic carbocycles. The predicted octanol–water partition coefficient (Wildman–Crippen LogP) is 8.34. The largest absolute Gasteiger partial charge is 0.298 e. The van der Waals surface area contributed by atoms with Crippen LogP contribution in [0.2, 0.25) is 5.02 Å². The number of rotatable bonds is 5. The summed E-state index contributed by atoms with van der Waals surface area (Å²) in [6.45, 7) is 0. The van der Waals surface area contributed by atoms with Gasteiger partial charge in [-0.25, -0.2) is 9.97 Å². The molecule has 6 rings (SSSR count). The van der Waals surface area contributed by atoms with Crippen molar-refractivity contribution in [2.45, 2.75) is 0 Å². The number of hydrogen-bond acceptors (Lipinski definition) is 6. The molecule has 4 aromatic carbocycles. The molecule has 0 spiro atoms. The fraction of sp³-hybridized carbons (Fsp3) is 0. The number of thiazole rings is 2. The molecule has 0 aliphatic rings. The number of carbonyl (C=O) groups excluding carboxylic acids is 2. The molecule has 2 aromatic heterocycles. The van der Waals surface area contributed by atoms with Gasteiger partial charge in [0.2, 0.25) is 0 Å². The fourth-order valence-corrected chi connectivity index (χ4v) is 6.49. The SMILES string of the molecule is O=C(Nc1nc2cc(-c3cccc4sc(NC(=O)c5ccccc5Cl)nc34)ccc2s1)c1cccc(I)c1. The summed E-state index contributed by atoms with van der Waals surface area (Å²) in [6, 6.07) is 26.3. The molecule has 2 heterocycles. The van der Waals surface area contributed by atoms with Crippen LogP contribution < -0.4 is 10.6 Å². The first-order valence-electron chi connectivity index (χ1n) is 11.4. The number of halogens is 2. The molecule has 0 saturated carbocycles. The number of anilines is 2. The van der Waals surface area contributed by atoms with Gasteiger partial charge >= 0.3 is 0 Å². The minimum atomic E-state index is -0.306. The molecule has 0 fully saturated rings. The first-order valence-corrected chi connectivity index (χ1v) is 14.5. The van der Waals surface area contributed by atoms with Crippen molar-refractivity contribution in [2.24, 2.45) is 0 Å². The van der Waals surface area contributed by atoms with Gasteiger partial charge < -0.3 is 0 Å². The van der Waals surface area contributed by atoms with Gasteiger partial charge in [0.15, 0.2) is 10.3 Å². The summed E-state index contributed by atoms with van der Waals surface area (Å²) in [7, 11) is 0. The third-order valence-electron chi connectivity index (χ3n) is 5.76. The van der Waals surface area contributed by atoms with Crippen LogP contribution in [-0.2, 0) is 0 Å². The highest BCUT2D eigenvalue weighted by Gasteiger charge is 2.16. The summed E-state index contributed by atoms with van der Waals surface area (Å²) in [5.74, 6) is -0.499. The Balaban J connectivity index is 1.28. The average molecular weight is 667 g/mol. The molecule has 0 saturated heterocycles. The molecule has 6 nitrogen and oxygen atoms in total. The second-order valence-electron chi connectivity index (χ2n) is 8.27.